The molecule has 0 bridgehead atoms. The second-order valence-electron chi connectivity index (χ2n) is 7.73. The van der Waals surface area contributed by atoms with Crippen molar-refractivity contribution in [2.45, 2.75) is 32.0 Å². The van der Waals surface area contributed by atoms with Crippen LogP contribution in [0.1, 0.15) is 12.8 Å². The average molecular weight is 472 g/mol. The summed E-state index contributed by atoms with van der Waals surface area (Å²) >= 11 is 1.13. The summed E-state index contributed by atoms with van der Waals surface area (Å²) in [4.78, 5) is 44.2. The molecule has 8 nitrogen and oxygen atoms in total. The monoisotopic (exact) mass is 472 g/mol. The van der Waals surface area contributed by atoms with E-state index in [0.717, 1.165) is 46.9 Å². The number of amides is 1. The quantitative estimate of drug-likeness (QED) is 0.482. The molecular weight excluding hydrogens is 454 g/mol. The molecule has 1 atom stereocenters. The summed E-state index contributed by atoms with van der Waals surface area (Å²) in [5.41, 5.74) is -1.20. The zero-order valence-electron chi connectivity index (χ0n) is 17.2. The van der Waals surface area contributed by atoms with E-state index in [9.17, 15) is 23.2 Å². The van der Waals surface area contributed by atoms with E-state index in [1.807, 2.05) is 0 Å². The molecule has 1 aromatic carbocycles. The third-order valence-corrected chi connectivity index (χ3v) is 6.62. The normalized spacial score (nSPS) is 16.0. The van der Waals surface area contributed by atoms with Crippen molar-refractivity contribution in [3.63, 3.8) is 0 Å². The molecule has 33 heavy (non-hydrogen) atoms. The molecule has 1 aliphatic rings. The van der Waals surface area contributed by atoms with Crippen molar-refractivity contribution < 1.29 is 18.3 Å². The van der Waals surface area contributed by atoms with Crippen LogP contribution in [0.5, 0.6) is 0 Å². The molecule has 1 saturated heterocycles. The topological polar surface area (TPSA) is 95.2 Å². The van der Waals surface area contributed by atoms with Gasteiger partial charge < -0.3 is 10.1 Å². The molecule has 0 radical (unpaired) electrons. The summed E-state index contributed by atoms with van der Waals surface area (Å²) < 4.78 is 35.6. The van der Waals surface area contributed by atoms with Crippen LogP contribution in [0.15, 0.2) is 46.1 Å². The van der Waals surface area contributed by atoms with E-state index >= 15 is 0 Å². The molecule has 4 aromatic rings. The molecule has 1 fully saturated rings. The zero-order chi connectivity index (χ0) is 23.1. The number of nitrogens with one attached hydrogen (secondary N) is 1. The van der Waals surface area contributed by atoms with E-state index in [0.29, 0.717) is 16.8 Å². The highest BCUT2D eigenvalue weighted by atomic mass is 32.1. The number of carbonyl (C=O) groups excluding carboxylic acids is 1. The van der Waals surface area contributed by atoms with Crippen LogP contribution >= 0.6 is 11.3 Å². The van der Waals surface area contributed by atoms with Crippen molar-refractivity contribution >= 4 is 43.4 Å². The fourth-order valence-electron chi connectivity index (χ4n) is 4.01. The minimum Gasteiger partial charge on any atom is -0.376 e. The van der Waals surface area contributed by atoms with E-state index in [2.05, 4.69) is 10.3 Å². The van der Waals surface area contributed by atoms with E-state index in [1.165, 1.54) is 4.57 Å². The van der Waals surface area contributed by atoms with Crippen molar-refractivity contribution in [2.75, 3.05) is 11.9 Å². The standard InChI is InChI=1S/C22H18F2N4O4S/c23-12-5-6-15(24)16(9-12)26-17(29)11-27-18-14-4-1-7-25-20(14)33-19(18)21(30)28(22(27)31)10-13-3-2-8-32-13/h1,4-7,9,13H,2-3,8,10-11H2,(H,26,29). The van der Waals surface area contributed by atoms with Gasteiger partial charge >= 0.3 is 5.69 Å². The van der Waals surface area contributed by atoms with Crippen LogP contribution in [-0.4, -0.2) is 32.7 Å². The first-order valence-corrected chi connectivity index (χ1v) is 11.1. The van der Waals surface area contributed by atoms with Gasteiger partial charge in [-0.1, -0.05) is 0 Å². The van der Waals surface area contributed by atoms with Crippen LogP contribution in [0.2, 0.25) is 0 Å². The fraction of sp³-hybridized carbons (Fsp3) is 0.273. The summed E-state index contributed by atoms with van der Waals surface area (Å²) in [5, 5.41) is 2.86. The van der Waals surface area contributed by atoms with Gasteiger partial charge in [0.1, 0.15) is 27.7 Å². The summed E-state index contributed by atoms with van der Waals surface area (Å²) in [6, 6.07) is 6.07. The number of anilines is 1. The summed E-state index contributed by atoms with van der Waals surface area (Å²) in [6.45, 7) is 0.123. The first-order valence-electron chi connectivity index (χ1n) is 10.3. The Morgan fingerprint density at radius 2 is 2.09 bits per heavy atom. The maximum absolute atomic E-state index is 14.0. The molecule has 3 aromatic heterocycles. The maximum Gasteiger partial charge on any atom is 0.332 e. The Hall–Kier alpha value is -3.44. The Balaban J connectivity index is 1.62. The van der Waals surface area contributed by atoms with Gasteiger partial charge in [-0.3, -0.25) is 18.7 Å². The van der Waals surface area contributed by atoms with E-state index < -0.39 is 35.3 Å². The number of ether oxygens (including phenoxy) is 1. The van der Waals surface area contributed by atoms with Crippen molar-refractivity contribution in [1.82, 2.24) is 14.1 Å². The van der Waals surface area contributed by atoms with Gasteiger partial charge in [-0.05, 0) is 37.1 Å². The van der Waals surface area contributed by atoms with Crippen molar-refractivity contribution in [3.8, 4) is 0 Å². The van der Waals surface area contributed by atoms with Crippen molar-refractivity contribution in [3.05, 3.63) is 69.0 Å². The molecule has 170 valence electrons. The first kappa shape index (κ1) is 21.4. The predicted octanol–water partition coefficient (Wildman–Crippen LogP) is 2.87. The van der Waals surface area contributed by atoms with Crippen LogP contribution in [0.4, 0.5) is 14.5 Å². The minimum absolute atomic E-state index is 0.0649. The molecule has 1 unspecified atom stereocenters. The maximum atomic E-state index is 14.0. The smallest absolute Gasteiger partial charge is 0.332 e. The van der Waals surface area contributed by atoms with Gasteiger partial charge in [0.15, 0.2) is 0 Å². The molecule has 1 amide bonds. The third kappa shape index (κ3) is 3.93. The van der Waals surface area contributed by atoms with Gasteiger partial charge in [-0.2, -0.15) is 0 Å². The number of fused-ring (bicyclic) bond motifs is 3. The Kier molecular flexibility index (Phi) is 5.51. The second-order valence-corrected chi connectivity index (χ2v) is 8.73. The number of aromatic nitrogens is 3. The van der Waals surface area contributed by atoms with Gasteiger partial charge in [0, 0.05) is 24.3 Å². The SMILES string of the molecule is O=C(Cn1c(=O)n(CC2CCCO2)c(=O)c2sc3ncccc3c21)Nc1cc(F)ccc1F. The van der Waals surface area contributed by atoms with E-state index in [1.54, 1.807) is 18.3 Å². The molecule has 1 N–H and O–H groups in total. The number of hydrogen-bond acceptors (Lipinski definition) is 6. The summed E-state index contributed by atoms with van der Waals surface area (Å²) in [7, 11) is 0. The molecule has 0 saturated carbocycles. The second kappa shape index (κ2) is 8.49. The molecule has 1 aliphatic heterocycles. The summed E-state index contributed by atoms with van der Waals surface area (Å²) in [6.07, 6.45) is 2.86. The number of benzene rings is 1. The van der Waals surface area contributed by atoms with Crippen molar-refractivity contribution in [2.24, 2.45) is 0 Å². The molecule has 0 spiro atoms. The van der Waals surface area contributed by atoms with Crippen LogP contribution in [0, 0.1) is 11.6 Å². The van der Waals surface area contributed by atoms with Crippen LogP contribution in [0.3, 0.4) is 0 Å². The Morgan fingerprint density at radius 3 is 2.88 bits per heavy atom. The van der Waals surface area contributed by atoms with Crippen LogP contribution in [-0.2, 0) is 22.6 Å². The van der Waals surface area contributed by atoms with E-state index in [4.69, 9.17) is 4.74 Å². The number of pyridine rings is 1. The van der Waals surface area contributed by atoms with Crippen molar-refractivity contribution in [1.29, 1.82) is 0 Å². The van der Waals surface area contributed by atoms with E-state index in [-0.39, 0.29) is 28.6 Å². The molecule has 4 heterocycles. The molecule has 0 aliphatic carbocycles. The minimum atomic E-state index is -0.809. The highest BCUT2D eigenvalue weighted by Crippen LogP contribution is 2.29. The first-order chi connectivity index (χ1) is 15.9. The van der Waals surface area contributed by atoms with Gasteiger partial charge in [0.2, 0.25) is 5.91 Å². The number of carbonyl (C=O) groups is 1. The lowest BCUT2D eigenvalue weighted by Crippen LogP contribution is -2.43. The largest absolute Gasteiger partial charge is 0.376 e. The number of rotatable bonds is 5. The highest BCUT2D eigenvalue weighted by molar-refractivity contribution is 7.25. The number of halogens is 2. The Labute approximate surface area is 189 Å². The zero-order valence-corrected chi connectivity index (χ0v) is 18.0. The predicted molar refractivity (Wildman–Crippen MR) is 120 cm³/mol. The third-order valence-electron chi connectivity index (χ3n) is 5.53. The van der Waals surface area contributed by atoms with Gasteiger partial charge in [-0.25, -0.2) is 18.6 Å². The lowest BCUT2D eigenvalue weighted by atomic mass is 10.2. The lowest BCUT2D eigenvalue weighted by molar-refractivity contribution is -0.116. The van der Waals surface area contributed by atoms with Gasteiger partial charge in [0.25, 0.3) is 5.56 Å². The Bertz CT molecular complexity index is 1500. The molecular formula is C22H18F2N4O4S. The van der Waals surface area contributed by atoms with Crippen LogP contribution in [0.25, 0.3) is 20.4 Å². The molecule has 5 rings (SSSR count). The van der Waals surface area contributed by atoms with Gasteiger partial charge in [-0.15, -0.1) is 11.3 Å². The lowest BCUT2D eigenvalue weighted by Gasteiger charge is -2.15. The van der Waals surface area contributed by atoms with Gasteiger partial charge in [0.05, 0.1) is 23.9 Å². The highest BCUT2D eigenvalue weighted by Gasteiger charge is 2.24. The average Bonchev–Trinajstić information content (AvgIpc) is 3.44. The fourth-order valence-corrected chi connectivity index (χ4v) is 5.11. The Morgan fingerprint density at radius 1 is 1.24 bits per heavy atom. The number of nitrogens with zero attached hydrogens (tertiary/aromatic N) is 3. The molecule has 11 heteroatoms. The van der Waals surface area contributed by atoms with Crippen LogP contribution < -0.4 is 16.6 Å². The number of hydrogen-bond donors (Lipinski definition) is 1. The number of thiophene rings is 1. The summed E-state index contributed by atoms with van der Waals surface area (Å²) in [5.74, 6) is -2.27.